The van der Waals surface area contributed by atoms with E-state index >= 15 is 0 Å². The summed E-state index contributed by atoms with van der Waals surface area (Å²) in [5, 5.41) is 12.9. The molecular weight excluding hydrogens is 262 g/mol. The van der Waals surface area contributed by atoms with Crippen LogP contribution in [-0.4, -0.2) is 23.7 Å². The van der Waals surface area contributed by atoms with Crippen LogP contribution in [-0.2, 0) is 0 Å². The fourth-order valence-corrected chi connectivity index (χ4v) is 2.19. The highest BCUT2D eigenvalue weighted by atomic mass is 35.5. The van der Waals surface area contributed by atoms with E-state index in [0.717, 1.165) is 11.1 Å². The van der Waals surface area contributed by atoms with Crippen molar-refractivity contribution in [3.8, 4) is 0 Å². The van der Waals surface area contributed by atoms with E-state index in [0.29, 0.717) is 22.9 Å². The Morgan fingerprint density at radius 3 is 2.47 bits per heavy atom. The Labute approximate surface area is 120 Å². The van der Waals surface area contributed by atoms with Crippen LogP contribution in [0.5, 0.6) is 0 Å². The SMILES string of the molecule is Cc1cc(Cl)c(C(=O)NCC(O)CC(C)C)cc1C. The summed E-state index contributed by atoms with van der Waals surface area (Å²) in [6.45, 7) is 8.21. The Balaban J connectivity index is 2.66. The van der Waals surface area contributed by atoms with Gasteiger partial charge in [-0.05, 0) is 49.4 Å². The lowest BCUT2D eigenvalue weighted by Gasteiger charge is -2.14. The molecule has 1 atom stereocenters. The van der Waals surface area contributed by atoms with Gasteiger partial charge >= 0.3 is 0 Å². The van der Waals surface area contributed by atoms with E-state index in [1.807, 2.05) is 27.7 Å². The van der Waals surface area contributed by atoms with E-state index in [9.17, 15) is 9.90 Å². The standard InChI is InChI=1S/C15H22ClNO2/c1-9(2)5-12(18)8-17-15(19)13-6-10(3)11(4)7-14(13)16/h6-7,9,12,18H,5,8H2,1-4H3,(H,17,19). The number of benzene rings is 1. The highest BCUT2D eigenvalue weighted by molar-refractivity contribution is 6.34. The molecule has 0 spiro atoms. The van der Waals surface area contributed by atoms with Crippen molar-refractivity contribution in [2.24, 2.45) is 5.92 Å². The van der Waals surface area contributed by atoms with Gasteiger partial charge in [-0.2, -0.15) is 0 Å². The molecule has 0 fully saturated rings. The van der Waals surface area contributed by atoms with Crippen molar-refractivity contribution >= 4 is 17.5 Å². The van der Waals surface area contributed by atoms with E-state index < -0.39 is 6.10 Å². The lowest BCUT2D eigenvalue weighted by atomic mass is 10.0. The summed E-state index contributed by atoms with van der Waals surface area (Å²) < 4.78 is 0. The van der Waals surface area contributed by atoms with E-state index in [4.69, 9.17) is 11.6 Å². The molecule has 3 nitrogen and oxygen atoms in total. The molecule has 1 aromatic rings. The van der Waals surface area contributed by atoms with Crippen LogP contribution in [0, 0.1) is 19.8 Å². The second-order valence-electron chi connectivity index (χ2n) is 5.41. The van der Waals surface area contributed by atoms with Gasteiger partial charge in [0.05, 0.1) is 16.7 Å². The van der Waals surface area contributed by atoms with Crippen molar-refractivity contribution < 1.29 is 9.90 Å². The summed E-state index contributed by atoms with van der Waals surface area (Å²) in [5.74, 6) is 0.160. The number of aliphatic hydroxyl groups is 1. The molecule has 1 amide bonds. The fourth-order valence-electron chi connectivity index (χ4n) is 1.89. The summed E-state index contributed by atoms with van der Waals surface area (Å²) in [6, 6.07) is 3.57. The zero-order chi connectivity index (χ0) is 14.6. The maximum absolute atomic E-state index is 12.0. The number of hydrogen-bond donors (Lipinski definition) is 2. The van der Waals surface area contributed by atoms with Gasteiger partial charge < -0.3 is 10.4 Å². The molecule has 0 heterocycles. The highest BCUT2D eigenvalue weighted by Gasteiger charge is 2.14. The third kappa shape index (κ3) is 4.84. The smallest absolute Gasteiger partial charge is 0.252 e. The Morgan fingerprint density at radius 2 is 1.89 bits per heavy atom. The number of aryl methyl sites for hydroxylation is 2. The Kier molecular flexibility index (Phi) is 5.83. The van der Waals surface area contributed by atoms with Crippen LogP contribution in [0.4, 0.5) is 0 Å². The maximum atomic E-state index is 12.0. The molecule has 0 aromatic heterocycles. The number of aliphatic hydroxyl groups excluding tert-OH is 1. The van der Waals surface area contributed by atoms with Gasteiger partial charge in [-0.1, -0.05) is 25.4 Å². The van der Waals surface area contributed by atoms with Crippen molar-refractivity contribution in [3.05, 3.63) is 33.8 Å². The van der Waals surface area contributed by atoms with Crippen molar-refractivity contribution in [1.29, 1.82) is 0 Å². The molecule has 0 aliphatic heterocycles. The minimum atomic E-state index is -0.519. The van der Waals surface area contributed by atoms with Crippen LogP contribution >= 0.6 is 11.6 Å². The average Bonchev–Trinajstić information content (AvgIpc) is 2.30. The van der Waals surface area contributed by atoms with Gasteiger partial charge in [-0.3, -0.25) is 4.79 Å². The fraction of sp³-hybridized carbons (Fsp3) is 0.533. The number of amides is 1. The first-order valence-corrected chi connectivity index (χ1v) is 6.92. The van der Waals surface area contributed by atoms with Crippen molar-refractivity contribution in [1.82, 2.24) is 5.32 Å². The summed E-state index contributed by atoms with van der Waals surface area (Å²) in [7, 11) is 0. The van der Waals surface area contributed by atoms with Gasteiger partial charge in [0.25, 0.3) is 5.91 Å². The molecule has 106 valence electrons. The minimum absolute atomic E-state index is 0.240. The predicted octanol–water partition coefficient (Wildman–Crippen LogP) is 3.09. The van der Waals surface area contributed by atoms with Gasteiger partial charge in [0.15, 0.2) is 0 Å². The molecule has 0 saturated heterocycles. The predicted molar refractivity (Wildman–Crippen MR) is 78.7 cm³/mol. The number of rotatable bonds is 5. The summed E-state index contributed by atoms with van der Waals surface area (Å²) in [4.78, 5) is 12.0. The minimum Gasteiger partial charge on any atom is -0.391 e. The van der Waals surface area contributed by atoms with Crippen molar-refractivity contribution in [2.45, 2.75) is 40.2 Å². The first kappa shape index (κ1) is 16.0. The average molecular weight is 284 g/mol. The lowest BCUT2D eigenvalue weighted by Crippen LogP contribution is -2.33. The Morgan fingerprint density at radius 1 is 1.32 bits per heavy atom. The molecule has 1 unspecified atom stereocenters. The van der Waals surface area contributed by atoms with Crippen LogP contribution in [0.3, 0.4) is 0 Å². The quantitative estimate of drug-likeness (QED) is 0.872. The zero-order valence-electron chi connectivity index (χ0n) is 12.0. The van der Waals surface area contributed by atoms with E-state index in [2.05, 4.69) is 5.32 Å². The van der Waals surface area contributed by atoms with Crippen LogP contribution in [0.1, 0.15) is 41.8 Å². The molecule has 19 heavy (non-hydrogen) atoms. The third-order valence-electron chi connectivity index (χ3n) is 3.07. The Hall–Kier alpha value is -1.06. The van der Waals surface area contributed by atoms with Crippen LogP contribution in [0.2, 0.25) is 5.02 Å². The second kappa shape index (κ2) is 6.92. The van der Waals surface area contributed by atoms with Gasteiger partial charge in [0.1, 0.15) is 0 Å². The third-order valence-corrected chi connectivity index (χ3v) is 3.38. The topological polar surface area (TPSA) is 49.3 Å². The molecule has 0 aliphatic rings. The largest absolute Gasteiger partial charge is 0.391 e. The summed E-state index contributed by atoms with van der Waals surface area (Å²) in [5.41, 5.74) is 2.54. The molecule has 0 radical (unpaired) electrons. The monoisotopic (exact) mass is 283 g/mol. The molecule has 1 aromatic carbocycles. The van der Waals surface area contributed by atoms with Crippen molar-refractivity contribution in [2.75, 3.05) is 6.54 Å². The molecular formula is C15H22ClNO2. The van der Waals surface area contributed by atoms with Gasteiger partial charge in [0.2, 0.25) is 0 Å². The lowest BCUT2D eigenvalue weighted by molar-refractivity contribution is 0.0900. The first-order chi connectivity index (χ1) is 8.81. The van der Waals surface area contributed by atoms with Crippen molar-refractivity contribution in [3.63, 3.8) is 0 Å². The Bertz CT molecular complexity index is 458. The molecule has 0 saturated carbocycles. The highest BCUT2D eigenvalue weighted by Crippen LogP contribution is 2.20. The van der Waals surface area contributed by atoms with E-state index in [1.54, 1.807) is 12.1 Å². The molecule has 1 rings (SSSR count). The van der Waals surface area contributed by atoms with E-state index in [-0.39, 0.29) is 12.5 Å². The van der Waals surface area contributed by atoms with Gasteiger partial charge in [-0.15, -0.1) is 0 Å². The number of hydrogen-bond acceptors (Lipinski definition) is 2. The molecule has 0 bridgehead atoms. The molecule has 4 heteroatoms. The second-order valence-corrected chi connectivity index (χ2v) is 5.82. The van der Waals surface area contributed by atoms with Crippen LogP contribution < -0.4 is 5.32 Å². The summed E-state index contributed by atoms with van der Waals surface area (Å²) in [6.07, 6.45) is 0.148. The number of halogens is 1. The zero-order valence-corrected chi connectivity index (χ0v) is 12.7. The molecule has 2 N–H and O–H groups in total. The summed E-state index contributed by atoms with van der Waals surface area (Å²) >= 11 is 6.07. The van der Waals surface area contributed by atoms with Crippen LogP contribution in [0.25, 0.3) is 0 Å². The van der Waals surface area contributed by atoms with E-state index in [1.165, 1.54) is 0 Å². The maximum Gasteiger partial charge on any atom is 0.252 e. The van der Waals surface area contributed by atoms with Gasteiger partial charge in [-0.25, -0.2) is 0 Å². The van der Waals surface area contributed by atoms with Gasteiger partial charge in [0, 0.05) is 6.54 Å². The molecule has 0 aliphatic carbocycles. The van der Waals surface area contributed by atoms with Crippen LogP contribution in [0.15, 0.2) is 12.1 Å². The number of nitrogens with one attached hydrogen (secondary N) is 1. The normalized spacial score (nSPS) is 12.6. The number of carbonyl (C=O) groups excluding carboxylic acids is 1. The number of carbonyl (C=O) groups is 1. The first-order valence-electron chi connectivity index (χ1n) is 6.54.